The molecule has 2 aliphatic rings. The lowest BCUT2D eigenvalue weighted by Gasteiger charge is -2.54. The van der Waals surface area contributed by atoms with E-state index in [-0.39, 0.29) is 9.64 Å². The molecule has 1 saturated carbocycles. The van der Waals surface area contributed by atoms with Crippen LogP contribution in [0.2, 0.25) is 0 Å². The lowest BCUT2D eigenvalue weighted by Crippen LogP contribution is -2.58. The molecule has 1 heterocycles. The number of hydrogen-bond donors (Lipinski definition) is 1. The van der Waals surface area contributed by atoms with Gasteiger partial charge in [0.15, 0.2) is 0 Å². The maximum Gasteiger partial charge on any atom is 0.00893 e. The van der Waals surface area contributed by atoms with E-state index in [9.17, 15) is 0 Å². The van der Waals surface area contributed by atoms with Crippen LogP contribution >= 0.6 is 0 Å². The first-order valence-electron chi connectivity index (χ1n) is 7.28. The summed E-state index contributed by atoms with van der Waals surface area (Å²) in [4.78, 5) is 2.65. The number of nitrogens with zero attached hydrogens (tertiary/aromatic N) is 1. The number of nitrogens with one attached hydrogen (secondary N) is 1. The zero-order valence-corrected chi connectivity index (χ0v) is 13.7. The molecule has 18 heavy (non-hydrogen) atoms. The summed E-state index contributed by atoms with van der Waals surface area (Å²) in [5.74, 6) is 1.70. The smallest absolute Gasteiger partial charge is 0.00893 e. The van der Waals surface area contributed by atoms with Crippen LogP contribution in [-0.2, 0) is 20.8 Å². The van der Waals surface area contributed by atoms with Crippen molar-refractivity contribution in [2.24, 2.45) is 17.3 Å². The van der Waals surface area contributed by atoms with Gasteiger partial charge in [-0.3, -0.25) is 4.72 Å². The van der Waals surface area contributed by atoms with Crippen LogP contribution in [0.5, 0.6) is 0 Å². The second kappa shape index (κ2) is 6.29. The van der Waals surface area contributed by atoms with E-state index in [4.69, 9.17) is 11.2 Å². The fourth-order valence-corrected chi connectivity index (χ4v) is 4.27. The van der Waals surface area contributed by atoms with E-state index in [1.807, 2.05) is 0 Å². The third-order valence-corrected chi connectivity index (χ3v) is 5.41. The highest BCUT2D eigenvalue weighted by Crippen LogP contribution is 2.45. The molecular weight excluding hydrogens is 260 g/mol. The van der Waals surface area contributed by atoms with Crippen molar-refractivity contribution in [1.29, 1.82) is 0 Å². The summed E-state index contributed by atoms with van der Waals surface area (Å²) in [6, 6.07) is 0. The fraction of sp³-hybridized carbons (Fsp3) is 1.00. The topological polar surface area (TPSA) is 15.3 Å². The lowest BCUT2D eigenvalue weighted by molar-refractivity contribution is -0.0427. The fourth-order valence-electron chi connectivity index (χ4n) is 3.59. The van der Waals surface area contributed by atoms with E-state index in [0.29, 0.717) is 5.41 Å². The van der Waals surface area contributed by atoms with Crippen LogP contribution in [0.25, 0.3) is 0 Å². The molecule has 0 aromatic rings. The first kappa shape index (κ1) is 14.9. The third kappa shape index (κ3) is 3.99. The van der Waals surface area contributed by atoms with Crippen molar-refractivity contribution in [2.75, 3.05) is 32.4 Å². The average Bonchev–Trinajstić information content (AvgIpc) is 2.25. The van der Waals surface area contributed by atoms with Crippen LogP contribution < -0.4 is 4.72 Å². The molecule has 0 radical (unpaired) electrons. The predicted molar refractivity (Wildman–Crippen MR) is 84.3 cm³/mol. The van der Waals surface area contributed by atoms with Gasteiger partial charge in [0.05, 0.1) is 0 Å². The SMILES string of the molecule is CC(C)CN1CC2(CCC(CNS(C)=S)CC2)C1. The molecule has 0 aromatic carbocycles. The zero-order valence-electron chi connectivity index (χ0n) is 12.1. The summed E-state index contributed by atoms with van der Waals surface area (Å²) >= 11 is 5.19. The molecule has 1 aliphatic heterocycles. The minimum atomic E-state index is -0.0116. The number of rotatable bonds is 5. The van der Waals surface area contributed by atoms with Gasteiger partial charge in [0.25, 0.3) is 0 Å². The summed E-state index contributed by atoms with van der Waals surface area (Å²) in [6.45, 7) is 9.82. The van der Waals surface area contributed by atoms with Gasteiger partial charge in [-0.05, 0) is 60.4 Å². The highest BCUT2D eigenvalue weighted by Gasteiger charge is 2.44. The highest BCUT2D eigenvalue weighted by atomic mass is 32.8. The van der Waals surface area contributed by atoms with E-state index in [1.54, 1.807) is 0 Å². The molecule has 0 amide bonds. The second-order valence-electron chi connectivity index (χ2n) is 6.81. The standard InChI is InChI=1S/C14H28N2S2/c1-12(2)9-16-10-14(11-16)6-4-13(5-7-14)8-15-18(3)17/h12-13,15H,4-11H2,1-3H3. The molecule has 2 fully saturated rings. The zero-order chi connectivity index (χ0) is 13.2. The third-order valence-electron chi connectivity index (χ3n) is 4.48. The molecule has 1 atom stereocenters. The Balaban J connectivity index is 1.67. The Kier molecular flexibility index (Phi) is 5.21. The number of likely N-dealkylation sites (tertiary alicyclic amines) is 1. The highest BCUT2D eigenvalue weighted by molar-refractivity contribution is 8.27. The van der Waals surface area contributed by atoms with Gasteiger partial charge >= 0.3 is 0 Å². The molecule has 2 rings (SSSR count). The van der Waals surface area contributed by atoms with E-state index in [2.05, 4.69) is 29.7 Å². The quantitative estimate of drug-likeness (QED) is 0.836. The van der Waals surface area contributed by atoms with Crippen LogP contribution in [0.15, 0.2) is 0 Å². The van der Waals surface area contributed by atoms with Gasteiger partial charge in [0.1, 0.15) is 0 Å². The molecule has 0 aromatic heterocycles. The minimum absolute atomic E-state index is 0.0116. The molecule has 0 bridgehead atoms. The Bertz CT molecular complexity index is 288. The van der Waals surface area contributed by atoms with Crippen molar-refractivity contribution in [3.8, 4) is 0 Å². The largest absolute Gasteiger partial charge is 0.302 e. The molecule has 1 saturated heterocycles. The maximum absolute atomic E-state index is 5.19. The Labute approximate surface area is 120 Å². The first-order valence-corrected chi connectivity index (χ1v) is 9.84. The average molecular weight is 289 g/mol. The molecule has 106 valence electrons. The molecular formula is C14H28N2S2. The molecule has 1 N–H and O–H groups in total. The Morgan fingerprint density at radius 2 is 1.94 bits per heavy atom. The summed E-state index contributed by atoms with van der Waals surface area (Å²) in [7, 11) is -0.0116. The minimum Gasteiger partial charge on any atom is -0.302 e. The normalized spacial score (nSPS) is 26.4. The van der Waals surface area contributed by atoms with Crippen LogP contribution in [0.3, 0.4) is 0 Å². The van der Waals surface area contributed by atoms with Crippen molar-refractivity contribution in [3.63, 3.8) is 0 Å². The Morgan fingerprint density at radius 1 is 1.33 bits per heavy atom. The Morgan fingerprint density at radius 3 is 2.44 bits per heavy atom. The van der Waals surface area contributed by atoms with E-state index < -0.39 is 0 Å². The summed E-state index contributed by atoms with van der Waals surface area (Å²) in [5, 5.41) is 0. The first-order chi connectivity index (χ1) is 8.49. The van der Waals surface area contributed by atoms with Crippen LogP contribution in [0, 0.1) is 17.3 Å². The van der Waals surface area contributed by atoms with E-state index >= 15 is 0 Å². The van der Waals surface area contributed by atoms with Gasteiger partial charge in [-0.15, -0.1) is 0 Å². The summed E-state index contributed by atoms with van der Waals surface area (Å²) in [6.07, 6.45) is 7.81. The van der Waals surface area contributed by atoms with Crippen LogP contribution in [-0.4, -0.2) is 37.3 Å². The van der Waals surface area contributed by atoms with Gasteiger partial charge in [-0.2, -0.15) is 0 Å². The monoisotopic (exact) mass is 288 g/mol. The second-order valence-corrected chi connectivity index (χ2v) is 9.51. The van der Waals surface area contributed by atoms with Gasteiger partial charge in [-0.1, -0.05) is 23.5 Å². The maximum atomic E-state index is 5.19. The van der Waals surface area contributed by atoms with Crippen LogP contribution in [0.4, 0.5) is 0 Å². The van der Waals surface area contributed by atoms with Gasteiger partial charge in [0, 0.05) is 26.2 Å². The van der Waals surface area contributed by atoms with Gasteiger partial charge < -0.3 is 4.90 Å². The summed E-state index contributed by atoms with van der Waals surface area (Å²) < 4.78 is 3.45. The van der Waals surface area contributed by atoms with Crippen molar-refractivity contribution in [1.82, 2.24) is 9.62 Å². The van der Waals surface area contributed by atoms with Crippen molar-refractivity contribution >= 4 is 20.8 Å². The van der Waals surface area contributed by atoms with E-state index in [1.165, 1.54) is 45.3 Å². The van der Waals surface area contributed by atoms with Gasteiger partial charge in [0.2, 0.25) is 0 Å². The van der Waals surface area contributed by atoms with E-state index in [0.717, 1.165) is 18.4 Å². The molecule has 1 unspecified atom stereocenters. The molecule has 4 heteroatoms. The van der Waals surface area contributed by atoms with Gasteiger partial charge in [-0.25, -0.2) is 0 Å². The molecule has 2 nitrogen and oxygen atoms in total. The van der Waals surface area contributed by atoms with Crippen molar-refractivity contribution in [3.05, 3.63) is 0 Å². The lowest BCUT2D eigenvalue weighted by atomic mass is 9.66. The predicted octanol–water partition coefficient (Wildman–Crippen LogP) is 2.35. The number of hydrogen-bond acceptors (Lipinski definition) is 2. The molecule has 1 aliphatic carbocycles. The summed E-state index contributed by atoms with van der Waals surface area (Å²) in [5.41, 5.74) is 0.702. The van der Waals surface area contributed by atoms with Crippen LogP contribution in [0.1, 0.15) is 39.5 Å². The van der Waals surface area contributed by atoms with Crippen molar-refractivity contribution in [2.45, 2.75) is 39.5 Å². The molecule has 1 spiro atoms. The van der Waals surface area contributed by atoms with Crippen molar-refractivity contribution < 1.29 is 0 Å². The Hall–Kier alpha value is 0.490.